The number of rotatable bonds is 3. The van der Waals surface area contributed by atoms with Gasteiger partial charge < -0.3 is 10.0 Å². The molecule has 0 radical (unpaired) electrons. The van der Waals surface area contributed by atoms with Gasteiger partial charge in [0.25, 0.3) is 12.4 Å². The normalized spacial score (nSPS) is 9.39. The molecule has 4 nitrogen and oxygen atoms in total. The van der Waals surface area contributed by atoms with E-state index in [-0.39, 0.29) is 24.2 Å². The monoisotopic (exact) mass is 255 g/mol. The molecule has 0 aromatic heterocycles. The maximum Gasteiger partial charge on any atom is 0.290 e. The summed E-state index contributed by atoms with van der Waals surface area (Å²) in [6, 6.07) is 5.92. The first-order valence-electron chi connectivity index (χ1n) is 5.62. The Balaban J connectivity index is 0.000000873. The molecule has 0 aliphatic carbocycles. The van der Waals surface area contributed by atoms with Crippen molar-refractivity contribution in [3.05, 3.63) is 35.6 Å². The fourth-order valence-corrected chi connectivity index (χ4v) is 1.53. The topological polar surface area (TPSA) is 57.6 Å². The molecule has 0 aliphatic heterocycles. The molecule has 0 spiro atoms. The van der Waals surface area contributed by atoms with Crippen LogP contribution < -0.4 is 0 Å². The van der Waals surface area contributed by atoms with Crippen LogP contribution in [0, 0.1) is 5.82 Å². The summed E-state index contributed by atoms with van der Waals surface area (Å²) in [5, 5.41) is 6.89. The summed E-state index contributed by atoms with van der Waals surface area (Å²) >= 11 is 0. The van der Waals surface area contributed by atoms with E-state index in [1.165, 1.54) is 12.1 Å². The van der Waals surface area contributed by atoms with Gasteiger partial charge in [-0.2, -0.15) is 0 Å². The third-order valence-corrected chi connectivity index (χ3v) is 2.30. The number of carboxylic acid groups (broad SMARTS) is 1. The molecular formula is C13H18FNO3. The van der Waals surface area contributed by atoms with Gasteiger partial charge in [-0.25, -0.2) is 4.39 Å². The lowest BCUT2D eigenvalue weighted by Crippen LogP contribution is -2.36. The average molecular weight is 255 g/mol. The van der Waals surface area contributed by atoms with Gasteiger partial charge in [-0.15, -0.1) is 0 Å². The van der Waals surface area contributed by atoms with Crippen LogP contribution in [-0.2, 0) is 4.79 Å². The predicted molar refractivity (Wildman–Crippen MR) is 66.9 cm³/mol. The second-order valence-corrected chi connectivity index (χ2v) is 3.80. The molecule has 0 atom stereocenters. The summed E-state index contributed by atoms with van der Waals surface area (Å²) in [6.45, 7) is 6.19. The molecule has 1 rings (SSSR count). The molecule has 1 N–H and O–H groups in total. The van der Waals surface area contributed by atoms with Crippen LogP contribution in [0.3, 0.4) is 0 Å². The van der Waals surface area contributed by atoms with Crippen molar-refractivity contribution in [3.63, 3.8) is 0 Å². The first-order valence-corrected chi connectivity index (χ1v) is 5.62. The Labute approximate surface area is 106 Å². The first-order chi connectivity index (χ1) is 8.47. The third-order valence-electron chi connectivity index (χ3n) is 2.30. The Hall–Kier alpha value is -1.91. The molecular weight excluding hydrogens is 237 g/mol. The summed E-state index contributed by atoms with van der Waals surface area (Å²) in [5.41, 5.74) is 0.408. The molecule has 1 aromatic rings. The van der Waals surface area contributed by atoms with Crippen molar-refractivity contribution < 1.29 is 19.1 Å². The summed E-state index contributed by atoms with van der Waals surface area (Å²) in [7, 11) is 0. The van der Waals surface area contributed by atoms with Gasteiger partial charge in [-0.05, 0) is 39.0 Å². The van der Waals surface area contributed by atoms with E-state index in [1.807, 2.05) is 20.8 Å². The first kappa shape index (κ1) is 16.1. The number of hydrogen-bond donors (Lipinski definition) is 1. The lowest BCUT2D eigenvalue weighted by Gasteiger charge is -2.25. The van der Waals surface area contributed by atoms with Crippen molar-refractivity contribution in [3.8, 4) is 0 Å². The Kier molecular flexibility index (Phi) is 7.35. The minimum atomic E-state index is -0.374. The van der Waals surface area contributed by atoms with Crippen molar-refractivity contribution in [2.45, 2.75) is 26.8 Å². The van der Waals surface area contributed by atoms with Gasteiger partial charge >= 0.3 is 0 Å². The van der Waals surface area contributed by atoms with E-state index in [2.05, 4.69) is 0 Å². The fourth-order valence-electron chi connectivity index (χ4n) is 1.53. The van der Waals surface area contributed by atoms with Crippen molar-refractivity contribution in [2.24, 2.45) is 0 Å². The zero-order chi connectivity index (χ0) is 14.1. The minimum absolute atomic E-state index is 0.119. The van der Waals surface area contributed by atoms with Crippen molar-refractivity contribution in [1.82, 2.24) is 4.90 Å². The molecule has 5 heteroatoms. The average Bonchev–Trinajstić information content (AvgIpc) is 2.30. The molecule has 100 valence electrons. The molecule has 0 saturated heterocycles. The van der Waals surface area contributed by atoms with E-state index in [4.69, 9.17) is 9.90 Å². The second-order valence-electron chi connectivity index (χ2n) is 3.80. The zero-order valence-corrected chi connectivity index (χ0v) is 10.8. The number of carbonyl (C=O) groups excluding carboxylic acids is 1. The lowest BCUT2D eigenvalue weighted by atomic mass is 10.1. The van der Waals surface area contributed by atoms with Crippen LogP contribution >= 0.6 is 0 Å². The highest BCUT2D eigenvalue weighted by molar-refractivity contribution is 5.94. The molecule has 1 amide bonds. The minimum Gasteiger partial charge on any atom is -0.483 e. The molecule has 1 aromatic carbocycles. The number of halogens is 1. The Morgan fingerprint density at radius 3 is 2.44 bits per heavy atom. The summed E-state index contributed by atoms with van der Waals surface area (Å²) in [5.74, 6) is -0.493. The van der Waals surface area contributed by atoms with Crippen LogP contribution in [0.1, 0.15) is 31.1 Å². The molecule has 0 bridgehead atoms. The maximum absolute atomic E-state index is 12.9. The number of amides is 1. The number of nitrogens with zero attached hydrogens (tertiary/aromatic N) is 1. The lowest BCUT2D eigenvalue weighted by molar-refractivity contribution is -0.122. The highest BCUT2D eigenvalue weighted by Crippen LogP contribution is 2.09. The van der Waals surface area contributed by atoms with Crippen LogP contribution in [0.15, 0.2) is 24.3 Å². The highest BCUT2D eigenvalue weighted by atomic mass is 19.1. The van der Waals surface area contributed by atoms with E-state index >= 15 is 0 Å². The van der Waals surface area contributed by atoms with E-state index in [1.54, 1.807) is 17.0 Å². The third kappa shape index (κ3) is 4.95. The van der Waals surface area contributed by atoms with Crippen LogP contribution in [0.4, 0.5) is 4.39 Å². The molecule has 18 heavy (non-hydrogen) atoms. The standard InChI is InChI=1S/C12H16FNO.CH2O2/c1-4-14(9(2)3)12(15)10-6-5-7-11(13)8-10;2-1-3/h5-9H,4H2,1-3H3;1H,(H,2,3). The van der Waals surface area contributed by atoms with Gasteiger partial charge in [0.15, 0.2) is 0 Å². The molecule has 0 saturated carbocycles. The van der Waals surface area contributed by atoms with Gasteiger partial charge in [0.1, 0.15) is 5.82 Å². The van der Waals surface area contributed by atoms with Crippen LogP contribution in [-0.4, -0.2) is 35.0 Å². The Morgan fingerprint density at radius 2 is 2.06 bits per heavy atom. The van der Waals surface area contributed by atoms with Crippen LogP contribution in [0.25, 0.3) is 0 Å². The summed E-state index contributed by atoms with van der Waals surface area (Å²) in [6.07, 6.45) is 0. The quantitative estimate of drug-likeness (QED) is 0.844. The Bertz CT molecular complexity index is 394. The van der Waals surface area contributed by atoms with Crippen molar-refractivity contribution in [1.29, 1.82) is 0 Å². The smallest absolute Gasteiger partial charge is 0.290 e. The number of benzene rings is 1. The molecule has 0 unspecified atom stereocenters. The zero-order valence-electron chi connectivity index (χ0n) is 10.8. The van der Waals surface area contributed by atoms with Gasteiger partial charge in [-0.1, -0.05) is 6.07 Å². The number of hydrogen-bond acceptors (Lipinski definition) is 2. The van der Waals surface area contributed by atoms with Gasteiger partial charge in [0.2, 0.25) is 0 Å². The molecule has 0 fully saturated rings. The summed E-state index contributed by atoms with van der Waals surface area (Å²) in [4.78, 5) is 22.0. The second kappa shape index (κ2) is 8.22. The van der Waals surface area contributed by atoms with E-state index in [0.29, 0.717) is 12.1 Å². The van der Waals surface area contributed by atoms with E-state index in [0.717, 1.165) is 0 Å². The molecule has 0 heterocycles. The number of carbonyl (C=O) groups is 2. The fraction of sp³-hybridized carbons (Fsp3) is 0.385. The van der Waals surface area contributed by atoms with E-state index < -0.39 is 0 Å². The van der Waals surface area contributed by atoms with Crippen molar-refractivity contribution >= 4 is 12.4 Å². The van der Waals surface area contributed by atoms with Crippen LogP contribution in [0.2, 0.25) is 0 Å². The van der Waals surface area contributed by atoms with E-state index in [9.17, 15) is 9.18 Å². The predicted octanol–water partition coefficient (Wildman–Crippen LogP) is 2.40. The van der Waals surface area contributed by atoms with Gasteiger partial charge in [0, 0.05) is 18.2 Å². The molecule has 0 aliphatic rings. The highest BCUT2D eigenvalue weighted by Gasteiger charge is 2.16. The largest absolute Gasteiger partial charge is 0.483 e. The van der Waals surface area contributed by atoms with Gasteiger partial charge in [-0.3, -0.25) is 9.59 Å². The Morgan fingerprint density at radius 1 is 1.50 bits per heavy atom. The van der Waals surface area contributed by atoms with Crippen LogP contribution in [0.5, 0.6) is 0 Å². The maximum atomic E-state index is 12.9. The van der Waals surface area contributed by atoms with Crippen molar-refractivity contribution in [2.75, 3.05) is 6.54 Å². The van der Waals surface area contributed by atoms with Gasteiger partial charge in [0.05, 0.1) is 0 Å². The SMILES string of the molecule is CCN(C(=O)c1cccc(F)c1)C(C)C.O=CO. The summed E-state index contributed by atoms with van der Waals surface area (Å²) < 4.78 is 12.9.